The van der Waals surface area contributed by atoms with E-state index in [-0.39, 0.29) is 12.0 Å². The Labute approximate surface area is 66.6 Å². The van der Waals surface area contributed by atoms with E-state index in [0.717, 1.165) is 0 Å². The second-order valence-electron chi connectivity index (χ2n) is 4.31. The van der Waals surface area contributed by atoms with Gasteiger partial charge in [-0.25, -0.2) is 0 Å². The quantitative estimate of drug-likeness (QED) is 0.624. The number of nitrogens with two attached hydrogens (primary N) is 1. The second kappa shape index (κ2) is 2.21. The smallest absolute Gasteiger partial charge is 0.310 e. The Kier molecular flexibility index (Phi) is 1.71. The largest absolute Gasteiger partial charge is 0.481 e. The molecule has 0 radical (unpaired) electrons. The van der Waals surface area contributed by atoms with Crippen LogP contribution in [0, 0.1) is 10.8 Å². The number of carbonyl (C=O) groups is 1. The molecule has 1 rings (SSSR count). The van der Waals surface area contributed by atoms with Gasteiger partial charge in [0.25, 0.3) is 0 Å². The minimum atomic E-state index is -0.737. The number of aliphatic carboxylic acids is 1. The standard InChI is InChI=1S/C8H15NO2/c1-7(2)3-8(4-7,5-9)6(10)11/h3-5,9H2,1-2H3,(H,10,11). The van der Waals surface area contributed by atoms with E-state index in [9.17, 15) is 4.79 Å². The summed E-state index contributed by atoms with van der Waals surface area (Å²) in [6, 6.07) is 0. The SMILES string of the molecule is CC1(C)CC(CN)(C(=O)O)C1. The van der Waals surface area contributed by atoms with E-state index in [0.29, 0.717) is 12.8 Å². The van der Waals surface area contributed by atoms with Crippen LogP contribution in [0.15, 0.2) is 0 Å². The Bertz CT molecular complexity index is 179. The molecule has 0 atom stereocenters. The summed E-state index contributed by atoms with van der Waals surface area (Å²) in [7, 11) is 0. The number of carboxylic acids is 1. The van der Waals surface area contributed by atoms with Gasteiger partial charge < -0.3 is 10.8 Å². The van der Waals surface area contributed by atoms with Gasteiger partial charge in [-0.2, -0.15) is 0 Å². The van der Waals surface area contributed by atoms with Crippen LogP contribution in [0.5, 0.6) is 0 Å². The van der Waals surface area contributed by atoms with Crippen molar-refractivity contribution in [1.82, 2.24) is 0 Å². The molecule has 1 aliphatic carbocycles. The van der Waals surface area contributed by atoms with E-state index in [4.69, 9.17) is 10.8 Å². The van der Waals surface area contributed by atoms with Crippen molar-refractivity contribution in [2.24, 2.45) is 16.6 Å². The van der Waals surface area contributed by atoms with E-state index in [1.54, 1.807) is 0 Å². The van der Waals surface area contributed by atoms with Crippen molar-refractivity contribution in [3.8, 4) is 0 Å². The fraction of sp³-hybridized carbons (Fsp3) is 0.875. The van der Waals surface area contributed by atoms with Gasteiger partial charge in [-0.05, 0) is 18.3 Å². The van der Waals surface area contributed by atoms with E-state index in [2.05, 4.69) is 13.8 Å². The van der Waals surface area contributed by atoms with Crippen molar-refractivity contribution in [3.63, 3.8) is 0 Å². The third kappa shape index (κ3) is 1.25. The molecule has 3 N–H and O–H groups in total. The molecule has 0 unspecified atom stereocenters. The Morgan fingerprint density at radius 3 is 2.09 bits per heavy atom. The minimum absolute atomic E-state index is 0.178. The van der Waals surface area contributed by atoms with Gasteiger partial charge in [0, 0.05) is 6.54 Å². The molecule has 1 aliphatic rings. The molecule has 0 amide bonds. The highest BCUT2D eigenvalue weighted by Gasteiger charge is 2.53. The molecule has 1 fully saturated rings. The zero-order chi connectivity index (χ0) is 8.70. The van der Waals surface area contributed by atoms with Gasteiger partial charge in [0.1, 0.15) is 0 Å². The van der Waals surface area contributed by atoms with Gasteiger partial charge in [0.15, 0.2) is 0 Å². The molecule has 1 saturated carbocycles. The lowest BCUT2D eigenvalue weighted by Crippen LogP contribution is -2.52. The lowest BCUT2D eigenvalue weighted by atomic mass is 9.54. The van der Waals surface area contributed by atoms with Gasteiger partial charge >= 0.3 is 5.97 Å². The summed E-state index contributed by atoms with van der Waals surface area (Å²) in [6.45, 7) is 4.42. The summed E-state index contributed by atoms with van der Waals surface area (Å²) in [5, 5.41) is 8.84. The molecule has 0 heterocycles. The first-order chi connectivity index (χ1) is 4.92. The minimum Gasteiger partial charge on any atom is -0.481 e. The van der Waals surface area contributed by atoms with Crippen LogP contribution < -0.4 is 5.73 Å². The van der Waals surface area contributed by atoms with Crippen molar-refractivity contribution in [2.45, 2.75) is 26.7 Å². The first-order valence-corrected chi connectivity index (χ1v) is 3.85. The third-order valence-corrected chi connectivity index (χ3v) is 2.48. The zero-order valence-electron chi connectivity index (χ0n) is 7.05. The lowest BCUT2D eigenvalue weighted by molar-refractivity contribution is -0.162. The number of hydrogen-bond acceptors (Lipinski definition) is 2. The maximum Gasteiger partial charge on any atom is 0.310 e. The van der Waals surface area contributed by atoms with Crippen molar-refractivity contribution < 1.29 is 9.90 Å². The van der Waals surface area contributed by atoms with Crippen molar-refractivity contribution in [3.05, 3.63) is 0 Å². The highest BCUT2D eigenvalue weighted by atomic mass is 16.4. The van der Waals surface area contributed by atoms with Gasteiger partial charge in [-0.1, -0.05) is 13.8 Å². The maximum atomic E-state index is 10.7. The van der Waals surface area contributed by atoms with Crippen LogP contribution in [-0.2, 0) is 4.79 Å². The summed E-state index contributed by atoms with van der Waals surface area (Å²) in [5.74, 6) is -0.737. The van der Waals surface area contributed by atoms with E-state index >= 15 is 0 Å². The summed E-state index contributed by atoms with van der Waals surface area (Å²) in [5.41, 5.74) is 4.98. The monoisotopic (exact) mass is 157 g/mol. The van der Waals surface area contributed by atoms with Crippen LogP contribution in [0.2, 0.25) is 0 Å². The molecule has 64 valence electrons. The maximum absolute atomic E-state index is 10.7. The van der Waals surface area contributed by atoms with Gasteiger partial charge in [-0.3, -0.25) is 4.79 Å². The van der Waals surface area contributed by atoms with Crippen molar-refractivity contribution >= 4 is 5.97 Å². The Balaban J connectivity index is 2.64. The fourth-order valence-corrected chi connectivity index (χ4v) is 2.16. The topological polar surface area (TPSA) is 63.3 Å². The number of hydrogen-bond donors (Lipinski definition) is 2. The van der Waals surface area contributed by atoms with Crippen LogP contribution in [-0.4, -0.2) is 17.6 Å². The number of rotatable bonds is 2. The summed E-state index contributed by atoms with van der Waals surface area (Å²) >= 11 is 0. The highest BCUT2D eigenvalue weighted by molar-refractivity contribution is 5.76. The summed E-state index contributed by atoms with van der Waals surface area (Å²) < 4.78 is 0. The lowest BCUT2D eigenvalue weighted by Gasteiger charge is -2.49. The average molecular weight is 157 g/mol. The van der Waals surface area contributed by atoms with E-state index < -0.39 is 11.4 Å². The Morgan fingerprint density at radius 1 is 1.55 bits per heavy atom. The van der Waals surface area contributed by atoms with Crippen molar-refractivity contribution in [1.29, 1.82) is 0 Å². The molecule has 0 aliphatic heterocycles. The number of carboxylic acid groups (broad SMARTS) is 1. The summed E-state index contributed by atoms with van der Waals surface area (Å²) in [4.78, 5) is 10.7. The molecular weight excluding hydrogens is 142 g/mol. The summed E-state index contributed by atoms with van der Waals surface area (Å²) in [6.07, 6.45) is 1.43. The van der Waals surface area contributed by atoms with Gasteiger partial charge in [0.05, 0.1) is 5.41 Å². The second-order valence-corrected chi connectivity index (χ2v) is 4.31. The van der Waals surface area contributed by atoms with Crippen LogP contribution in [0.4, 0.5) is 0 Å². The van der Waals surface area contributed by atoms with Gasteiger partial charge in [-0.15, -0.1) is 0 Å². The van der Waals surface area contributed by atoms with Crippen LogP contribution >= 0.6 is 0 Å². The first-order valence-electron chi connectivity index (χ1n) is 3.85. The first kappa shape index (κ1) is 8.53. The average Bonchev–Trinajstić information content (AvgIpc) is 1.81. The van der Waals surface area contributed by atoms with Crippen LogP contribution in [0.1, 0.15) is 26.7 Å². The Morgan fingerprint density at radius 2 is 2.00 bits per heavy atom. The molecular formula is C8H15NO2. The fourth-order valence-electron chi connectivity index (χ4n) is 2.16. The molecule has 0 aromatic heterocycles. The van der Waals surface area contributed by atoms with E-state index in [1.807, 2.05) is 0 Å². The molecule has 11 heavy (non-hydrogen) atoms. The van der Waals surface area contributed by atoms with Gasteiger partial charge in [0.2, 0.25) is 0 Å². The molecule has 0 aromatic carbocycles. The third-order valence-electron chi connectivity index (χ3n) is 2.48. The molecule has 0 saturated heterocycles. The predicted molar refractivity (Wildman–Crippen MR) is 42.1 cm³/mol. The normalized spacial score (nSPS) is 25.7. The highest BCUT2D eigenvalue weighted by Crippen LogP contribution is 2.53. The zero-order valence-corrected chi connectivity index (χ0v) is 7.05. The molecule has 0 aromatic rings. The van der Waals surface area contributed by atoms with Crippen LogP contribution in [0.3, 0.4) is 0 Å². The molecule has 3 nitrogen and oxygen atoms in total. The predicted octanol–water partition coefficient (Wildman–Crippen LogP) is 0.836. The Hall–Kier alpha value is -0.570. The molecule has 0 spiro atoms. The van der Waals surface area contributed by atoms with Crippen molar-refractivity contribution in [2.75, 3.05) is 6.54 Å². The molecule has 0 bridgehead atoms. The molecule has 3 heteroatoms. The van der Waals surface area contributed by atoms with E-state index in [1.165, 1.54) is 0 Å². The van der Waals surface area contributed by atoms with Crippen LogP contribution in [0.25, 0.3) is 0 Å².